The fourth-order valence-corrected chi connectivity index (χ4v) is 2.91. The molecule has 5 nitrogen and oxygen atoms in total. The first-order chi connectivity index (χ1) is 9.86. The quantitative estimate of drug-likeness (QED) is 0.927. The summed E-state index contributed by atoms with van der Waals surface area (Å²) in [6.45, 7) is 9.60. The van der Waals surface area contributed by atoms with Crippen molar-refractivity contribution in [1.82, 2.24) is 10.2 Å². The van der Waals surface area contributed by atoms with Gasteiger partial charge in [-0.1, -0.05) is 20.8 Å². The SMILES string of the molecule is CCC1NC(=O)C(C(C)C)N(C(C)c2ccc(C)o2)C1=O. The van der Waals surface area contributed by atoms with E-state index in [0.717, 1.165) is 11.5 Å². The molecule has 0 aliphatic carbocycles. The van der Waals surface area contributed by atoms with Crippen LogP contribution in [-0.2, 0) is 9.59 Å². The van der Waals surface area contributed by atoms with Crippen molar-refractivity contribution in [3.05, 3.63) is 23.7 Å². The number of hydrogen-bond acceptors (Lipinski definition) is 3. The van der Waals surface area contributed by atoms with Crippen LogP contribution in [-0.4, -0.2) is 28.8 Å². The molecule has 0 aromatic carbocycles. The van der Waals surface area contributed by atoms with E-state index in [4.69, 9.17) is 4.42 Å². The molecule has 0 saturated carbocycles. The molecule has 1 aromatic heterocycles. The summed E-state index contributed by atoms with van der Waals surface area (Å²) < 4.78 is 5.65. The van der Waals surface area contributed by atoms with Crippen LogP contribution in [0, 0.1) is 12.8 Å². The molecular weight excluding hydrogens is 268 g/mol. The third-order valence-electron chi connectivity index (χ3n) is 4.07. The van der Waals surface area contributed by atoms with Gasteiger partial charge in [0.25, 0.3) is 0 Å². The Labute approximate surface area is 125 Å². The lowest BCUT2D eigenvalue weighted by molar-refractivity contribution is -0.154. The Bertz CT molecular complexity index is 535. The van der Waals surface area contributed by atoms with Gasteiger partial charge in [-0.15, -0.1) is 0 Å². The number of nitrogens with one attached hydrogen (secondary N) is 1. The van der Waals surface area contributed by atoms with Crippen molar-refractivity contribution in [2.75, 3.05) is 0 Å². The van der Waals surface area contributed by atoms with Gasteiger partial charge in [-0.25, -0.2) is 0 Å². The summed E-state index contributed by atoms with van der Waals surface area (Å²) in [5.74, 6) is 1.46. The minimum absolute atomic E-state index is 0.0302. The first-order valence-electron chi connectivity index (χ1n) is 7.55. The van der Waals surface area contributed by atoms with Gasteiger partial charge < -0.3 is 14.6 Å². The lowest BCUT2D eigenvalue weighted by Crippen LogP contribution is -2.64. The van der Waals surface area contributed by atoms with E-state index < -0.39 is 12.1 Å². The Kier molecular flexibility index (Phi) is 4.40. The molecule has 2 amide bonds. The van der Waals surface area contributed by atoms with Gasteiger partial charge >= 0.3 is 0 Å². The zero-order valence-electron chi connectivity index (χ0n) is 13.3. The van der Waals surface area contributed by atoms with E-state index in [9.17, 15) is 9.59 Å². The number of piperazine rings is 1. The highest BCUT2D eigenvalue weighted by atomic mass is 16.3. The summed E-state index contributed by atoms with van der Waals surface area (Å²) >= 11 is 0. The van der Waals surface area contributed by atoms with Crippen molar-refractivity contribution in [3.8, 4) is 0 Å². The highest BCUT2D eigenvalue weighted by molar-refractivity contribution is 5.97. The first kappa shape index (κ1) is 15.6. The summed E-state index contributed by atoms with van der Waals surface area (Å²) in [5.41, 5.74) is 0. The minimum Gasteiger partial charge on any atom is -0.464 e. The van der Waals surface area contributed by atoms with Crippen molar-refractivity contribution < 1.29 is 14.0 Å². The van der Waals surface area contributed by atoms with Crippen molar-refractivity contribution >= 4 is 11.8 Å². The number of hydrogen-bond donors (Lipinski definition) is 1. The van der Waals surface area contributed by atoms with E-state index in [-0.39, 0.29) is 23.8 Å². The van der Waals surface area contributed by atoms with Crippen LogP contribution in [0.15, 0.2) is 16.5 Å². The number of rotatable bonds is 4. The minimum atomic E-state index is -0.458. The van der Waals surface area contributed by atoms with Crippen molar-refractivity contribution in [1.29, 1.82) is 0 Å². The topological polar surface area (TPSA) is 62.6 Å². The van der Waals surface area contributed by atoms with Gasteiger partial charge in [-0.05, 0) is 38.3 Å². The third-order valence-corrected chi connectivity index (χ3v) is 4.07. The summed E-state index contributed by atoms with van der Waals surface area (Å²) in [6.07, 6.45) is 0.593. The highest BCUT2D eigenvalue weighted by Gasteiger charge is 2.44. The first-order valence-corrected chi connectivity index (χ1v) is 7.55. The van der Waals surface area contributed by atoms with Crippen LogP contribution >= 0.6 is 0 Å². The molecule has 3 atom stereocenters. The Morgan fingerprint density at radius 2 is 1.95 bits per heavy atom. The molecule has 5 heteroatoms. The Morgan fingerprint density at radius 3 is 2.43 bits per heavy atom. The molecule has 1 N–H and O–H groups in total. The predicted octanol–water partition coefficient (Wildman–Crippen LogP) is 2.41. The summed E-state index contributed by atoms with van der Waals surface area (Å²) in [7, 11) is 0. The van der Waals surface area contributed by atoms with E-state index in [0.29, 0.717) is 6.42 Å². The predicted molar refractivity (Wildman–Crippen MR) is 79.6 cm³/mol. The highest BCUT2D eigenvalue weighted by Crippen LogP contribution is 2.30. The van der Waals surface area contributed by atoms with Gasteiger partial charge in [0, 0.05) is 0 Å². The number of aryl methyl sites for hydroxylation is 1. The Morgan fingerprint density at radius 1 is 1.29 bits per heavy atom. The Hall–Kier alpha value is -1.78. The van der Waals surface area contributed by atoms with E-state index >= 15 is 0 Å². The second-order valence-electron chi connectivity index (χ2n) is 6.03. The number of carbonyl (C=O) groups excluding carboxylic acids is 2. The molecule has 21 heavy (non-hydrogen) atoms. The van der Waals surface area contributed by atoms with E-state index in [1.165, 1.54) is 0 Å². The van der Waals surface area contributed by atoms with Crippen LogP contribution in [0.4, 0.5) is 0 Å². The number of amides is 2. The molecule has 2 heterocycles. The van der Waals surface area contributed by atoms with Crippen molar-refractivity contribution in [2.45, 2.75) is 59.2 Å². The lowest BCUT2D eigenvalue weighted by Gasteiger charge is -2.43. The van der Waals surface area contributed by atoms with Gasteiger partial charge in [0.2, 0.25) is 11.8 Å². The molecule has 0 radical (unpaired) electrons. The van der Waals surface area contributed by atoms with Crippen LogP contribution < -0.4 is 5.32 Å². The molecule has 0 spiro atoms. The zero-order valence-corrected chi connectivity index (χ0v) is 13.3. The van der Waals surface area contributed by atoms with E-state index in [1.54, 1.807) is 4.90 Å². The van der Waals surface area contributed by atoms with Gasteiger partial charge in [0.1, 0.15) is 23.6 Å². The van der Waals surface area contributed by atoms with Crippen LogP contribution in [0.1, 0.15) is 51.7 Å². The van der Waals surface area contributed by atoms with Gasteiger partial charge in [0.15, 0.2) is 0 Å². The Balaban J connectivity index is 2.38. The molecule has 1 fully saturated rings. The smallest absolute Gasteiger partial charge is 0.246 e. The average molecular weight is 292 g/mol. The maximum absolute atomic E-state index is 12.7. The standard InChI is InChI=1S/C16H24N2O3/c1-6-12-16(20)18(14(9(2)3)15(19)17-12)11(5)13-8-7-10(4)21-13/h7-9,11-12,14H,6H2,1-5H3,(H,17,19). The summed E-state index contributed by atoms with van der Waals surface area (Å²) in [4.78, 5) is 26.8. The normalized spacial score (nSPS) is 24.4. The molecule has 1 aliphatic heterocycles. The van der Waals surface area contributed by atoms with Crippen LogP contribution in [0.2, 0.25) is 0 Å². The largest absolute Gasteiger partial charge is 0.464 e. The maximum atomic E-state index is 12.7. The second-order valence-corrected chi connectivity index (χ2v) is 6.03. The molecule has 2 rings (SSSR count). The second kappa shape index (κ2) is 5.92. The summed E-state index contributed by atoms with van der Waals surface area (Å²) in [6, 6.07) is 2.60. The number of furan rings is 1. The zero-order chi connectivity index (χ0) is 15.7. The maximum Gasteiger partial charge on any atom is 0.246 e. The van der Waals surface area contributed by atoms with Crippen molar-refractivity contribution in [3.63, 3.8) is 0 Å². The van der Waals surface area contributed by atoms with E-state index in [1.807, 2.05) is 46.8 Å². The monoisotopic (exact) mass is 292 g/mol. The molecule has 3 unspecified atom stereocenters. The van der Waals surface area contributed by atoms with Gasteiger partial charge in [-0.3, -0.25) is 9.59 Å². The molecule has 116 valence electrons. The molecular formula is C16H24N2O3. The van der Waals surface area contributed by atoms with Gasteiger partial charge in [0.05, 0.1) is 6.04 Å². The fourth-order valence-electron chi connectivity index (χ4n) is 2.91. The fraction of sp³-hybridized carbons (Fsp3) is 0.625. The number of carbonyl (C=O) groups is 2. The van der Waals surface area contributed by atoms with Crippen LogP contribution in [0.3, 0.4) is 0 Å². The third kappa shape index (κ3) is 2.82. The molecule has 1 saturated heterocycles. The number of nitrogens with zero attached hydrogens (tertiary/aromatic N) is 1. The van der Waals surface area contributed by atoms with Gasteiger partial charge in [-0.2, -0.15) is 0 Å². The van der Waals surface area contributed by atoms with Crippen LogP contribution in [0.5, 0.6) is 0 Å². The van der Waals surface area contributed by atoms with Crippen molar-refractivity contribution in [2.24, 2.45) is 5.92 Å². The molecule has 1 aliphatic rings. The van der Waals surface area contributed by atoms with E-state index in [2.05, 4.69) is 5.32 Å². The van der Waals surface area contributed by atoms with Crippen LogP contribution in [0.25, 0.3) is 0 Å². The molecule has 1 aromatic rings. The molecule has 0 bridgehead atoms. The summed E-state index contributed by atoms with van der Waals surface area (Å²) in [5, 5.41) is 2.83. The average Bonchev–Trinajstić information content (AvgIpc) is 2.85. The lowest BCUT2D eigenvalue weighted by atomic mass is 9.94.